The van der Waals surface area contributed by atoms with Crippen molar-refractivity contribution in [2.45, 2.75) is 6.42 Å². The van der Waals surface area contributed by atoms with E-state index >= 15 is 0 Å². The predicted octanol–water partition coefficient (Wildman–Crippen LogP) is 7.57. The molecule has 1 fully saturated rings. The van der Waals surface area contributed by atoms with Crippen molar-refractivity contribution in [2.24, 2.45) is 0 Å². The van der Waals surface area contributed by atoms with Gasteiger partial charge in [-0.15, -0.1) is 0 Å². The minimum absolute atomic E-state index is 0.322. The molecule has 0 spiro atoms. The van der Waals surface area contributed by atoms with Gasteiger partial charge in [-0.05, 0) is 41.8 Å². The Morgan fingerprint density at radius 3 is 2.31 bits per heavy atom. The van der Waals surface area contributed by atoms with Gasteiger partial charge in [-0.3, -0.25) is 4.90 Å². The lowest BCUT2D eigenvalue weighted by Gasteiger charge is -2.26. The number of benzene rings is 4. The van der Waals surface area contributed by atoms with Gasteiger partial charge in [0, 0.05) is 54.7 Å². The highest BCUT2D eigenvalue weighted by atomic mass is 16.5. The van der Waals surface area contributed by atoms with Gasteiger partial charge in [-0.2, -0.15) is 0 Å². The number of carbonyl (C=O) groups is 1. The van der Waals surface area contributed by atoms with Crippen LogP contribution in [0.4, 0.5) is 22.0 Å². The minimum Gasteiger partial charge on any atom is -0.492 e. The molecular weight excluding hydrogens is 616 g/mol. The lowest BCUT2D eigenvalue weighted by Crippen LogP contribution is -2.38. The molecule has 10 nitrogen and oxygen atoms in total. The van der Waals surface area contributed by atoms with E-state index in [-0.39, 0.29) is 6.03 Å². The van der Waals surface area contributed by atoms with Crippen molar-refractivity contribution < 1.29 is 18.7 Å². The summed E-state index contributed by atoms with van der Waals surface area (Å²) in [5, 5.41) is 10.2. The molecular formula is C39H38N6O4. The van der Waals surface area contributed by atoms with E-state index in [0.717, 1.165) is 78.5 Å². The largest absolute Gasteiger partial charge is 0.492 e. The summed E-state index contributed by atoms with van der Waals surface area (Å²) in [5.74, 6) is 2.20. The highest BCUT2D eigenvalue weighted by molar-refractivity contribution is 6.06. The summed E-state index contributed by atoms with van der Waals surface area (Å²) in [4.78, 5) is 24.1. The summed E-state index contributed by atoms with van der Waals surface area (Å²) in [6.45, 7) is 5.44. The molecule has 0 unspecified atom stereocenters. The van der Waals surface area contributed by atoms with Gasteiger partial charge in [0.25, 0.3) is 0 Å². The molecule has 1 aliphatic rings. The first-order chi connectivity index (χ1) is 24.2. The Kier molecular flexibility index (Phi) is 10.1. The molecule has 248 valence electrons. The Labute approximate surface area is 285 Å². The lowest BCUT2D eigenvalue weighted by atomic mass is 9.99. The first-order valence-electron chi connectivity index (χ1n) is 16.5. The number of nitrogens with one attached hydrogen (secondary N) is 3. The Bertz CT molecular complexity index is 1980. The topological polar surface area (TPSA) is 114 Å². The molecule has 2 aromatic heterocycles. The minimum atomic E-state index is -0.322. The zero-order chi connectivity index (χ0) is 33.3. The summed E-state index contributed by atoms with van der Waals surface area (Å²) in [6, 6.07) is 35.2. The summed E-state index contributed by atoms with van der Waals surface area (Å²) in [7, 11) is 0. The van der Waals surface area contributed by atoms with E-state index in [0.29, 0.717) is 36.0 Å². The number of urea groups is 1. The van der Waals surface area contributed by atoms with Gasteiger partial charge in [0.15, 0.2) is 0 Å². The molecule has 1 saturated heterocycles. The van der Waals surface area contributed by atoms with Crippen molar-refractivity contribution >= 4 is 34.3 Å². The van der Waals surface area contributed by atoms with E-state index in [2.05, 4.69) is 43.0 Å². The molecule has 6 aromatic rings. The number of fused-ring (bicyclic) bond motifs is 1. The highest BCUT2D eigenvalue weighted by Gasteiger charge is 2.22. The molecule has 0 aliphatic carbocycles. The van der Waals surface area contributed by atoms with Gasteiger partial charge in [0.05, 0.1) is 18.6 Å². The van der Waals surface area contributed by atoms with Crippen LogP contribution in [0.1, 0.15) is 5.56 Å². The van der Waals surface area contributed by atoms with Crippen molar-refractivity contribution in [3.8, 4) is 28.2 Å². The monoisotopic (exact) mass is 654 g/mol. The third-order valence-corrected chi connectivity index (χ3v) is 8.38. The molecule has 3 N–H and O–H groups in total. The van der Waals surface area contributed by atoms with Crippen LogP contribution in [0, 0.1) is 0 Å². The fourth-order valence-corrected chi connectivity index (χ4v) is 5.89. The first-order valence-corrected chi connectivity index (χ1v) is 16.5. The maximum atomic E-state index is 12.7. The third-order valence-electron chi connectivity index (χ3n) is 8.38. The number of hydrogen-bond donors (Lipinski definition) is 3. The number of rotatable bonds is 12. The fourth-order valence-electron chi connectivity index (χ4n) is 5.89. The number of nitrogens with zero attached hydrogens (tertiary/aromatic N) is 3. The predicted molar refractivity (Wildman–Crippen MR) is 193 cm³/mol. The third kappa shape index (κ3) is 8.06. The number of anilines is 3. The maximum Gasteiger partial charge on any atom is 0.323 e. The molecule has 7 rings (SSSR count). The van der Waals surface area contributed by atoms with E-state index in [1.807, 2.05) is 97.1 Å². The standard InChI is InChI=1S/C39H38N6O4/c46-39(44-32-12-7-13-33(26-32)48-25-22-45-20-23-47-24-21-45)43-31-16-14-28(15-17-31)18-19-40-37-35-34(29-8-3-1-4-9-29)36(30-10-5-2-6-11-30)49-38(35)42-27-41-37/h1-17,26-27H,18-25H2,(H,40,41,42)(H2,43,44,46). The number of carbonyl (C=O) groups excluding carboxylic acids is 1. The second-order valence-corrected chi connectivity index (χ2v) is 11.7. The summed E-state index contributed by atoms with van der Waals surface area (Å²) in [6.07, 6.45) is 2.28. The smallest absolute Gasteiger partial charge is 0.323 e. The number of furan rings is 1. The number of hydrogen-bond acceptors (Lipinski definition) is 8. The average Bonchev–Trinajstić information content (AvgIpc) is 3.54. The lowest BCUT2D eigenvalue weighted by molar-refractivity contribution is 0.0322. The van der Waals surface area contributed by atoms with E-state index in [9.17, 15) is 4.79 Å². The van der Waals surface area contributed by atoms with E-state index in [1.165, 1.54) is 6.33 Å². The van der Waals surface area contributed by atoms with Gasteiger partial charge < -0.3 is 29.8 Å². The van der Waals surface area contributed by atoms with Crippen LogP contribution >= 0.6 is 0 Å². The molecule has 1 aliphatic heterocycles. The average molecular weight is 655 g/mol. The van der Waals surface area contributed by atoms with Crippen molar-refractivity contribution in [2.75, 3.05) is 62.0 Å². The van der Waals surface area contributed by atoms with Crippen LogP contribution in [0.2, 0.25) is 0 Å². The number of morpholine rings is 1. The Hall–Kier alpha value is -5.71. The van der Waals surface area contributed by atoms with Gasteiger partial charge in [0.2, 0.25) is 5.71 Å². The van der Waals surface area contributed by atoms with Crippen LogP contribution in [0.3, 0.4) is 0 Å². The summed E-state index contributed by atoms with van der Waals surface area (Å²) >= 11 is 0. The molecule has 3 heterocycles. The molecule has 0 atom stereocenters. The molecule has 0 radical (unpaired) electrons. The van der Waals surface area contributed by atoms with Gasteiger partial charge in [-0.25, -0.2) is 14.8 Å². The van der Waals surface area contributed by atoms with Gasteiger partial charge in [0.1, 0.15) is 30.3 Å². The van der Waals surface area contributed by atoms with Crippen LogP contribution in [0.5, 0.6) is 5.75 Å². The number of amides is 2. The quantitative estimate of drug-likeness (QED) is 0.124. The molecule has 2 amide bonds. The molecule has 49 heavy (non-hydrogen) atoms. The molecule has 0 saturated carbocycles. The first kappa shape index (κ1) is 31.9. The normalized spacial score (nSPS) is 13.2. The highest BCUT2D eigenvalue weighted by Crippen LogP contribution is 2.42. The summed E-state index contributed by atoms with van der Waals surface area (Å²) < 4.78 is 17.6. The van der Waals surface area contributed by atoms with Gasteiger partial charge >= 0.3 is 6.03 Å². The zero-order valence-electron chi connectivity index (χ0n) is 27.1. The van der Waals surface area contributed by atoms with Crippen molar-refractivity contribution in [1.29, 1.82) is 0 Å². The van der Waals surface area contributed by atoms with Crippen LogP contribution in [-0.2, 0) is 11.2 Å². The van der Waals surface area contributed by atoms with Crippen molar-refractivity contribution in [1.82, 2.24) is 14.9 Å². The second kappa shape index (κ2) is 15.5. The Morgan fingerprint density at radius 1 is 0.796 bits per heavy atom. The molecule has 4 aromatic carbocycles. The fraction of sp³-hybridized carbons (Fsp3) is 0.205. The van der Waals surface area contributed by atoms with Crippen LogP contribution < -0.4 is 20.7 Å². The van der Waals surface area contributed by atoms with Crippen LogP contribution in [-0.4, -0.2) is 66.9 Å². The van der Waals surface area contributed by atoms with E-state index < -0.39 is 0 Å². The number of ether oxygens (including phenoxy) is 2. The summed E-state index contributed by atoms with van der Waals surface area (Å²) in [5.41, 5.74) is 5.98. The van der Waals surface area contributed by atoms with Crippen molar-refractivity contribution in [3.63, 3.8) is 0 Å². The van der Waals surface area contributed by atoms with E-state index in [4.69, 9.17) is 13.9 Å². The van der Waals surface area contributed by atoms with Crippen LogP contribution in [0.15, 0.2) is 120 Å². The van der Waals surface area contributed by atoms with Crippen LogP contribution in [0.25, 0.3) is 33.6 Å². The Morgan fingerprint density at radius 2 is 1.53 bits per heavy atom. The molecule has 10 heteroatoms. The SMILES string of the molecule is O=C(Nc1ccc(CCNc2ncnc3oc(-c4ccccc4)c(-c4ccccc4)c23)cc1)Nc1cccc(OCCN2CCOCC2)c1. The second-order valence-electron chi connectivity index (χ2n) is 11.7. The zero-order valence-corrected chi connectivity index (χ0v) is 27.1. The Balaban J connectivity index is 0.949. The van der Waals surface area contributed by atoms with Gasteiger partial charge in [-0.1, -0.05) is 78.9 Å². The maximum absolute atomic E-state index is 12.7. The van der Waals surface area contributed by atoms with Crippen molar-refractivity contribution in [3.05, 3.63) is 121 Å². The van der Waals surface area contributed by atoms with E-state index in [1.54, 1.807) is 0 Å². The molecule has 0 bridgehead atoms. The number of aromatic nitrogens is 2.